The summed E-state index contributed by atoms with van der Waals surface area (Å²) in [5.74, 6) is -0.298. The minimum atomic E-state index is -4.51. The van der Waals surface area contributed by atoms with Crippen molar-refractivity contribution in [2.45, 2.75) is 6.18 Å². The lowest BCUT2D eigenvalue weighted by Gasteiger charge is -2.24. The van der Waals surface area contributed by atoms with Crippen molar-refractivity contribution in [3.05, 3.63) is 71.7 Å². The van der Waals surface area contributed by atoms with Crippen LogP contribution in [0.15, 0.2) is 66.2 Å². The Morgan fingerprint density at radius 1 is 1.08 bits per heavy atom. The van der Waals surface area contributed by atoms with Crippen LogP contribution < -0.4 is 9.64 Å². The van der Waals surface area contributed by atoms with E-state index in [0.717, 1.165) is 0 Å². The highest BCUT2D eigenvalue weighted by Crippen LogP contribution is 2.26. The summed E-state index contributed by atoms with van der Waals surface area (Å²) in [6.07, 6.45) is -2.92. The van der Waals surface area contributed by atoms with Gasteiger partial charge in [-0.3, -0.25) is 9.69 Å². The molecule has 0 radical (unpaired) electrons. The van der Waals surface area contributed by atoms with E-state index in [2.05, 4.69) is 4.98 Å². The van der Waals surface area contributed by atoms with Crippen LogP contribution in [0.3, 0.4) is 0 Å². The molecular weight excluding hydrogens is 365 g/mol. The lowest BCUT2D eigenvalue weighted by Crippen LogP contribution is -2.39. The van der Waals surface area contributed by atoms with Crippen molar-refractivity contribution in [2.24, 2.45) is 0 Å². The van der Waals surface area contributed by atoms with Gasteiger partial charge in [0.05, 0.1) is 0 Å². The van der Waals surface area contributed by atoms with Crippen LogP contribution in [0.4, 0.5) is 18.9 Å². The van der Waals surface area contributed by atoms with Gasteiger partial charge in [-0.15, -0.1) is 0 Å². The van der Waals surface area contributed by atoms with E-state index in [1.54, 1.807) is 29.8 Å². The van der Waals surface area contributed by atoms with Crippen molar-refractivity contribution in [2.75, 3.05) is 11.4 Å². The quantitative estimate of drug-likeness (QED) is 0.617. The smallest absolute Gasteiger partial charge is 0.406 e. The average molecular weight is 378 g/mol. The Labute approximate surface area is 151 Å². The van der Waals surface area contributed by atoms with Crippen LogP contribution in [0.2, 0.25) is 0 Å². The van der Waals surface area contributed by atoms with Crippen molar-refractivity contribution >= 4 is 22.9 Å². The minimum Gasteiger partial charge on any atom is -0.431 e. The fraction of sp³-hybridized carbons (Fsp3) is 0.111. The highest BCUT2D eigenvalue weighted by molar-refractivity contribution is 7.11. The molecule has 0 spiro atoms. The van der Waals surface area contributed by atoms with E-state index in [-0.39, 0.29) is 11.3 Å². The summed E-state index contributed by atoms with van der Waals surface area (Å²) < 4.78 is 44.3. The van der Waals surface area contributed by atoms with Gasteiger partial charge in [0.25, 0.3) is 11.1 Å². The van der Waals surface area contributed by atoms with Crippen LogP contribution in [-0.2, 0) is 0 Å². The number of ether oxygens (including phenoxy) is 1. The zero-order valence-corrected chi connectivity index (χ0v) is 14.1. The first-order chi connectivity index (χ1) is 12.4. The fourth-order valence-corrected chi connectivity index (χ4v) is 2.75. The number of amides is 1. The van der Waals surface area contributed by atoms with Crippen molar-refractivity contribution in [3.8, 4) is 10.9 Å². The molecule has 4 nitrogen and oxygen atoms in total. The van der Waals surface area contributed by atoms with Crippen LogP contribution >= 0.6 is 11.3 Å². The highest BCUT2D eigenvalue weighted by Gasteiger charge is 2.34. The molecule has 2 aromatic carbocycles. The molecule has 1 heterocycles. The highest BCUT2D eigenvalue weighted by atomic mass is 32.1. The molecule has 0 atom stereocenters. The molecule has 3 aromatic rings. The molecule has 0 aliphatic carbocycles. The van der Waals surface area contributed by atoms with Gasteiger partial charge in [0.1, 0.15) is 12.3 Å². The lowest BCUT2D eigenvalue weighted by atomic mass is 10.1. The number of nitrogens with zero attached hydrogens (tertiary/aromatic N) is 2. The number of halogens is 3. The number of hydrogen-bond acceptors (Lipinski definition) is 4. The lowest BCUT2D eigenvalue weighted by molar-refractivity contribution is -0.118. The number of benzene rings is 2. The summed E-state index contributed by atoms with van der Waals surface area (Å²) in [7, 11) is 0. The van der Waals surface area contributed by atoms with E-state index in [1.165, 1.54) is 47.7 Å². The molecule has 0 unspecified atom stereocenters. The zero-order chi connectivity index (χ0) is 18.6. The second kappa shape index (κ2) is 7.57. The summed E-state index contributed by atoms with van der Waals surface area (Å²) in [6.45, 7) is -1.37. The van der Waals surface area contributed by atoms with Gasteiger partial charge in [-0.1, -0.05) is 29.5 Å². The summed E-state index contributed by atoms with van der Waals surface area (Å²) >= 11 is 1.30. The predicted molar refractivity (Wildman–Crippen MR) is 92.8 cm³/mol. The molecule has 134 valence electrons. The van der Waals surface area contributed by atoms with Gasteiger partial charge in [0.15, 0.2) is 0 Å². The minimum absolute atomic E-state index is 0.129. The van der Waals surface area contributed by atoms with Gasteiger partial charge in [-0.2, -0.15) is 13.2 Å². The van der Waals surface area contributed by atoms with Gasteiger partial charge >= 0.3 is 6.18 Å². The molecule has 1 aromatic heterocycles. The Morgan fingerprint density at radius 2 is 1.77 bits per heavy atom. The van der Waals surface area contributed by atoms with Gasteiger partial charge < -0.3 is 4.74 Å². The summed E-state index contributed by atoms with van der Waals surface area (Å²) in [5.41, 5.74) is 0.308. The van der Waals surface area contributed by atoms with Gasteiger partial charge in [0, 0.05) is 22.8 Å². The summed E-state index contributed by atoms with van der Waals surface area (Å²) in [5, 5.41) is 2.19. The Hall–Kier alpha value is -2.87. The third-order valence-electron chi connectivity index (χ3n) is 3.37. The third-order valence-corrected chi connectivity index (χ3v) is 4.01. The number of para-hydroxylation sites is 1. The van der Waals surface area contributed by atoms with Crippen LogP contribution in [0.25, 0.3) is 0 Å². The van der Waals surface area contributed by atoms with Crippen LogP contribution in [0, 0.1) is 0 Å². The normalized spacial score (nSPS) is 11.2. The maximum Gasteiger partial charge on any atom is 0.406 e. The summed E-state index contributed by atoms with van der Waals surface area (Å²) in [6, 6.07) is 13.7. The molecular formula is C18H13F3N2O2S. The van der Waals surface area contributed by atoms with Crippen LogP contribution in [0.1, 0.15) is 10.4 Å². The Kier molecular flexibility index (Phi) is 5.22. The molecule has 8 heteroatoms. The fourth-order valence-electron chi connectivity index (χ4n) is 2.25. The number of anilines is 1. The molecule has 0 saturated heterocycles. The van der Waals surface area contributed by atoms with Gasteiger partial charge in [-0.25, -0.2) is 4.98 Å². The molecule has 26 heavy (non-hydrogen) atoms. The van der Waals surface area contributed by atoms with Crippen molar-refractivity contribution in [1.29, 1.82) is 0 Å². The molecule has 0 bridgehead atoms. The number of thiazole rings is 1. The zero-order valence-electron chi connectivity index (χ0n) is 13.3. The molecule has 0 fully saturated rings. The van der Waals surface area contributed by atoms with Crippen LogP contribution in [-0.4, -0.2) is 23.6 Å². The van der Waals surface area contributed by atoms with Crippen molar-refractivity contribution in [1.82, 2.24) is 4.98 Å². The predicted octanol–water partition coefficient (Wildman–Crippen LogP) is 5.14. The van der Waals surface area contributed by atoms with Crippen LogP contribution in [0.5, 0.6) is 10.9 Å². The number of hydrogen-bond donors (Lipinski definition) is 0. The first-order valence-corrected chi connectivity index (χ1v) is 8.41. The average Bonchev–Trinajstić information content (AvgIpc) is 3.13. The Bertz CT molecular complexity index is 850. The Balaban J connectivity index is 1.82. The molecule has 0 saturated carbocycles. The van der Waals surface area contributed by atoms with E-state index in [0.29, 0.717) is 15.8 Å². The van der Waals surface area contributed by atoms with Crippen molar-refractivity contribution < 1.29 is 22.7 Å². The standard InChI is InChI=1S/C18H13F3N2O2S/c19-18(20,21)12-23(14-4-2-1-3-5-14)16(24)13-6-8-15(9-7-13)25-17-22-10-11-26-17/h1-11H,12H2. The molecule has 1 amide bonds. The first-order valence-electron chi connectivity index (χ1n) is 7.53. The van der Waals surface area contributed by atoms with Gasteiger partial charge in [-0.05, 0) is 36.4 Å². The molecule has 0 N–H and O–H groups in total. The topological polar surface area (TPSA) is 42.4 Å². The van der Waals surface area contributed by atoms with E-state index < -0.39 is 18.6 Å². The largest absolute Gasteiger partial charge is 0.431 e. The van der Waals surface area contributed by atoms with Gasteiger partial charge in [0.2, 0.25) is 0 Å². The number of carbonyl (C=O) groups excluding carboxylic acids is 1. The second-order valence-corrected chi connectivity index (χ2v) is 6.12. The number of carbonyl (C=O) groups is 1. The summed E-state index contributed by atoms with van der Waals surface area (Å²) in [4.78, 5) is 17.3. The monoisotopic (exact) mass is 378 g/mol. The number of aromatic nitrogens is 1. The Morgan fingerprint density at radius 3 is 2.35 bits per heavy atom. The maximum atomic E-state index is 12.9. The molecule has 3 rings (SSSR count). The molecule has 0 aliphatic rings. The van der Waals surface area contributed by atoms with E-state index in [1.807, 2.05) is 0 Å². The molecule has 0 aliphatic heterocycles. The number of alkyl halides is 3. The first kappa shape index (κ1) is 17.9. The van der Waals surface area contributed by atoms with E-state index >= 15 is 0 Å². The third kappa shape index (κ3) is 4.60. The SMILES string of the molecule is O=C(c1ccc(Oc2nccs2)cc1)N(CC(F)(F)F)c1ccccc1. The van der Waals surface area contributed by atoms with E-state index in [4.69, 9.17) is 4.74 Å². The number of rotatable bonds is 5. The van der Waals surface area contributed by atoms with E-state index in [9.17, 15) is 18.0 Å². The maximum absolute atomic E-state index is 12.9. The van der Waals surface area contributed by atoms with Crippen molar-refractivity contribution in [3.63, 3.8) is 0 Å². The second-order valence-electron chi connectivity index (χ2n) is 5.27.